The largest absolute Gasteiger partial charge is 0.383 e. The van der Waals surface area contributed by atoms with Crippen molar-refractivity contribution < 1.29 is 4.74 Å². The van der Waals surface area contributed by atoms with Gasteiger partial charge in [0.25, 0.3) is 0 Å². The van der Waals surface area contributed by atoms with Crippen molar-refractivity contribution in [3.05, 3.63) is 0 Å². The lowest BCUT2D eigenvalue weighted by atomic mass is 9.69. The van der Waals surface area contributed by atoms with E-state index in [9.17, 15) is 0 Å². The Morgan fingerprint density at radius 3 is 2.68 bits per heavy atom. The predicted molar refractivity (Wildman–Crippen MR) is 82.3 cm³/mol. The molecule has 0 saturated heterocycles. The molecule has 2 N–H and O–H groups in total. The maximum absolute atomic E-state index is 6.15. The van der Waals surface area contributed by atoms with Gasteiger partial charge in [-0.1, -0.05) is 33.6 Å². The average Bonchev–Trinajstić information content (AvgIpc) is 2.35. The van der Waals surface area contributed by atoms with Crippen LogP contribution in [0.2, 0.25) is 0 Å². The van der Waals surface area contributed by atoms with E-state index in [-0.39, 0.29) is 0 Å². The van der Waals surface area contributed by atoms with Crippen LogP contribution in [-0.2, 0) is 4.74 Å². The van der Waals surface area contributed by atoms with Gasteiger partial charge in [0, 0.05) is 26.7 Å². The van der Waals surface area contributed by atoms with Gasteiger partial charge in [-0.3, -0.25) is 0 Å². The lowest BCUT2D eigenvalue weighted by molar-refractivity contribution is 0.0637. The molecule has 2 unspecified atom stereocenters. The van der Waals surface area contributed by atoms with Crippen molar-refractivity contribution in [1.29, 1.82) is 0 Å². The summed E-state index contributed by atoms with van der Waals surface area (Å²) >= 11 is 0. The molecule has 1 aliphatic carbocycles. The van der Waals surface area contributed by atoms with Gasteiger partial charge in [-0.25, -0.2) is 0 Å². The Bertz CT molecular complexity index is 245. The van der Waals surface area contributed by atoms with E-state index in [4.69, 9.17) is 10.5 Å². The van der Waals surface area contributed by atoms with Crippen LogP contribution in [0.4, 0.5) is 0 Å². The van der Waals surface area contributed by atoms with Crippen LogP contribution >= 0.6 is 0 Å². The van der Waals surface area contributed by atoms with Gasteiger partial charge in [0.05, 0.1) is 6.61 Å². The molecule has 0 radical (unpaired) electrons. The van der Waals surface area contributed by atoms with Crippen molar-refractivity contribution in [3.8, 4) is 0 Å². The summed E-state index contributed by atoms with van der Waals surface area (Å²) in [6, 6.07) is 0. The number of hydrogen-bond donors (Lipinski definition) is 1. The third-order valence-electron chi connectivity index (χ3n) is 4.41. The van der Waals surface area contributed by atoms with Crippen LogP contribution in [0, 0.1) is 17.3 Å². The van der Waals surface area contributed by atoms with E-state index in [1.165, 1.54) is 25.7 Å². The highest BCUT2D eigenvalue weighted by atomic mass is 16.5. The van der Waals surface area contributed by atoms with Crippen LogP contribution in [0.25, 0.3) is 0 Å². The first-order chi connectivity index (χ1) is 9.01. The highest BCUT2D eigenvalue weighted by Crippen LogP contribution is 2.39. The Labute approximate surface area is 119 Å². The highest BCUT2D eigenvalue weighted by Gasteiger charge is 2.35. The highest BCUT2D eigenvalue weighted by molar-refractivity contribution is 4.89. The van der Waals surface area contributed by atoms with Crippen LogP contribution in [0.5, 0.6) is 0 Å². The van der Waals surface area contributed by atoms with Crippen molar-refractivity contribution >= 4 is 0 Å². The quantitative estimate of drug-likeness (QED) is 0.737. The normalized spacial score (nSPS) is 28.3. The summed E-state index contributed by atoms with van der Waals surface area (Å²) in [6.45, 7) is 11.9. The second-order valence-corrected chi connectivity index (χ2v) is 7.03. The lowest BCUT2D eigenvalue weighted by Crippen LogP contribution is -2.47. The zero-order chi connectivity index (χ0) is 14.3. The summed E-state index contributed by atoms with van der Waals surface area (Å²) < 4.78 is 5.26. The standard InChI is InChI=1S/C16H34N2O/c1-14(2)11-18(8-9-19-4)13-16(12-17)7-5-6-15(3)10-16/h14-15H,5-13,17H2,1-4H3. The first-order valence-corrected chi connectivity index (χ1v) is 7.92. The molecule has 0 aromatic carbocycles. The number of methoxy groups -OCH3 is 1. The Kier molecular flexibility index (Phi) is 7.33. The number of hydrogen-bond acceptors (Lipinski definition) is 3. The zero-order valence-corrected chi connectivity index (χ0v) is 13.5. The maximum Gasteiger partial charge on any atom is 0.0589 e. The Balaban J connectivity index is 2.61. The summed E-state index contributed by atoms with van der Waals surface area (Å²) in [5.74, 6) is 1.54. The summed E-state index contributed by atoms with van der Waals surface area (Å²) in [5, 5.41) is 0. The topological polar surface area (TPSA) is 38.5 Å². The van der Waals surface area contributed by atoms with Crippen LogP contribution in [0.1, 0.15) is 46.5 Å². The van der Waals surface area contributed by atoms with Gasteiger partial charge < -0.3 is 15.4 Å². The van der Waals surface area contributed by atoms with E-state index < -0.39 is 0 Å². The third-order valence-corrected chi connectivity index (χ3v) is 4.41. The second kappa shape index (κ2) is 8.23. The van der Waals surface area contributed by atoms with Gasteiger partial charge in [-0.15, -0.1) is 0 Å². The van der Waals surface area contributed by atoms with E-state index in [0.29, 0.717) is 11.3 Å². The fourth-order valence-electron chi connectivity index (χ4n) is 3.61. The molecule has 3 heteroatoms. The molecule has 0 bridgehead atoms. The minimum absolute atomic E-state index is 0.348. The van der Waals surface area contributed by atoms with E-state index in [1.54, 1.807) is 7.11 Å². The molecule has 3 nitrogen and oxygen atoms in total. The smallest absolute Gasteiger partial charge is 0.0589 e. The first kappa shape index (κ1) is 16.9. The van der Waals surface area contributed by atoms with Crippen molar-refractivity contribution in [3.63, 3.8) is 0 Å². The summed E-state index contributed by atoms with van der Waals surface area (Å²) in [4.78, 5) is 2.57. The molecule has 0 amide bonds. The summed E-state index contributed by atoms with van der Waals surface area (Å²) in [6.07, 6.45) is 5.32. The van der Waals surface area contributed by atoms with Gasteiger partial charge in [0.1, 0.15) is 0 Å². The minimum Gasteiger partial charge on any atom is -0.383 e. The summed E-state index contributed by atoms with van der Waals surface area (Å²) in [7, 11) is 1.79. The van der Waals surface area contributed by atoms with E-state index >= 15 is 0 Å². The van der Waals surface area contributed by atoms with Gasteiger partial charge >= 0.3 is 0 Å². The van der Waals surface area contributed by atoms with Crippen molar-refractivity contribution in [2.24, 2.45) is 23.0 Å². The van der Waals surface area contributed by atoms with Crippen LogP contribution in [0.3, 0.4) is 0 Å². The molecule has 0 heterocycles. The molecule has 2 atom stereocenters. The molecule has 1 saturated carbocycles. The number of ether oxygens (including phenoxy) is 1. The fourth-order valence-corrected chi connectivity index (χ4v) is 3.61. The Hall–Kier alpha value is -0.120. The maximum atomic E-state index is 6.15. The van der Waals surface area contributed by atoms with E-state index in [2.05, 4.69) is 25.7 Å². The molecular weight excluding hydrogens is 236 g/mol. The van der Waals surface area contributed by atoms with Gasteiger partial charge in [-0.2, -0.15) is 0 Å². The lowest BCUT2D eigenvalue weighted by Gasteiger charge is -2.43. The molecule has 1 rings (SSSR count). The number of rotatable bonds is 8. The van der Waals surface area contributed by atoms with Crippen LogP contribution in [-0.4, -0.2) is 44.8 Å². The third kappa shape index (κ3) is 5.80. The number of nitrogens with zero attached hydrogens (tertiary/aromatic N) is 1. The first-order valence-electron chi connectivity index (χ1n) is 7.92. The molecule has 19 heavy (non-hydrogen) atoms. The molecule has 0 aromatic heterocycles. The van der Waals surface area contributed by atoms with Crippen molar-refractivity contribution in [1.82, 2.24) is 4.90 Å². The van der Waals surface area contributed by atoms with Gasteiger partial charge in [-0.05, 0) is 36.6 Å². The van der Waals surface area contributed by atoms with E-state index in [1.807, 2.05) is 0 Å². The molecule has 1 aliphatic rings. The minimum atomic E-state index is 0.348. The molecule has 0 aliphatic heterocycles. The summed E-state index contributed by atoms with van der Waals surface area (Å²) in [5.41, 5.74) is 6.50. The number of nitrogens with two attached hydrogens (primary N) is 1. The average molecular weight is 270 g/mol. The van der Waals surface area contributed by atoms with Crippen LogP contribution in [0.15, 0.2) is 0 Å². The molecular formula is C16H34N2O. The van der Waals surface area contributed by atoms with Crippen molar-refractivity contribution in [2.45, 2.75) is 46.5 Å². The zero-order valence-electron chi connectivity index (χ0n) is 13.5. The van der Waals surface area contributed by atoms with Gasteiger partial charge in [0.15, 0.2) is 0 Å². The molecule has 1 fully saturated rings. The molecule has 0 spiro atoms. The van der Waals surface area contributed by atoms with Crippen LogP contribution < -0.4 is 5.73 Å². The monoisotopic (exact) mass is 270 g/mol. The Morgan fingerprint density at radius 2 is 2.16 bits per heavy atom. The fraction of sp³-hybridized carbons (Fsp3) is 1.00. The van der Waals surface area contributed by atoms with E-state index in [0.717, 1.165) is 38.7 Å². The second-order valence-electron chi connectivity index (χ2n) is 7.03. The molecule has 114 valence electrons. The van der Waals surface area contributed by atoms with Crippen molar-refractivity contribution in [2.75, 3.05) is 39.9 Å². The molecule has 0 aromatic rings. The van der Waals surface area contributed by atoms with Gasteiger partial charge in [0.2, 0.25) is 0 Å². The Morgan fingerprint density at radius 1 is 1.42 bits per heavy atom. The predicted octanol–water partition coefficient (Wildman–Crippen LogP) is 2.75. The SMILES string of the molecule is COCCN(CC(C)C)CC1(CN)CCCC(C)C1.